The van der Waals surface area contributed by atoms with E-state index in [2.05, 4.69) is 15.6 Å². The van der Waals surface area contributed by atoms with Crippen molar-refractivity contribution in [2.24, 2.45) is 0 Å². The van der Waals surface area contributed by atoms with E-state index < -0.39 is 23.7 Å². The highest BCUT2D eigenvalue weighted by atomic mass is 35.5. The summed E-state index contributed by atoms with van der Waals surface area (Å²) in [5.74, 6) is -1.42. The molecule has 1 saturated heterocycles. The summed E-state index contributed by atoms with van der Waals surface area (Å²) in [7, 11) is 0. The van der Waals surface area contributed by atoms with E-state index in [1.165, 1.54) is 18.2 Å². The number of nitrogens with zero attached hydrogens (tertiary/aromatic N) is 1. The number of H-pyrrole nitrogens is 1. The molecule has 11 heteroatoms. The molecule has 1 aromatic heterocycles. The number of aromatic nitrogens is 1. The van der Waals surface area contributed by atoms with Gasteiger partial charge in [0.15, 0.2) is 5.58 Å². The van der Waals surface area contributed by atoms with Crippen molar-refractivity contribution in [1.29, 1.82) is 0 Å². The first-order valence-corrected chi connectivity index (χ1v) is 9.59. The number of amides is 4. The van der Waals surface area contributed by atoms with Crippen LogP contribution in [0.15, 0.2) is 45.6 Å². The average molecular weight is 449 g/mol. The lowest BCUT2D eigenvalue weighted by Gasteiger charge is -2.13. The van der Waals surface area contributed by atoms with Crippen molar-refractivity contribution in [2.75, 3.05) is 10.2 Å². The summed E-state index contributed by atoms with van der Waals surface area (Å²) in [6, 6.07) is 7.69. The quantitative estimate of drug-likeness (QED) is 0.516. The van der Waals surface area contributed by atoms with Gasteiger partial charge < -0.3 is 15.1 Å². The van der Waals surface area contributed by atoms with Crippen LogP contribution in [0.2, 0.25) is 10.0 Å². The number of rotatable bonds is 5. The molecule has 4 amide bonds. The standard InChI is InChI=1S/C19H14Cl2N4O5/c20-11-3-2-10(8-12(11)21)25-17(27)13(23-18(25)28)4-6-16(26)22-9-1-5-15-14(7-9)24-19(29)30-15/h1-3,5,7-8,13H,4,6H2,(H,22,26)(H,23,28)(H,24,29). The molecular weight excluding hydrogens is 435 g/mol. The molecule has 0 spiro atoms. The van der Waals surface area contributed by atoms with E-state index in [-0.39, 0.29) is 23.8 Å². The number of oxazole rings is 1. The third kappa shape index (κ3) is 3.89. The third-order valence-electron chi connectivity index (χ3n) is 4.54. The lowest BCUT2D eigenvalue weighted by Crippen LogP contribution is -2.31. The molecule has 0 saturated carbocycles. The smallest absolute Gasteiger partial charge is 0.408 e. The Morgan fingerprint density at radius 1 is 1.10 bits per heavy atom. The number of anilines is 2. The van der Waals surface area contributed by atoms with Gasteiger partial charge in [0, 0.05) is 12.1 Å². The zero-order valence-electron chi connectivity index (χ0n) is 15.2. The number of carbonyl (C=O) groups is 3. The van der Waals surface area contributed by atoms with Crippen LogP contribution in [-0.4, -0.2) is 28.9 Å². The summed E-state index contributed by atoms with van der Waals surface area (Å²) in [4.78, 5) is 51.8. The molecule has 2 aromatic carbocycles. The number of hydrogen-bond acceptors (Lipinski definition) is 5. The maximum absolute atomic E-state index is 12.6. The molecule has 0 radical (unpaired) electrons. The zero-order chi connectivity index (χ0) is 21.4. The zero-order valence-corrected chi connectivity index (χ0v) is 16.7. The lowest BCUT2D eigenvalue weighted by atomic mass is 10.1. The molecule has 1 fully saturated rings. The number of carbonyl (C=O) groups excluding carboxylic acids is 3. The van der Waals surface area contributed by atoms with E-state index >= 15 is 0 Å². The average Bonchev–Trinajstić information content (AvgIpc) is 3.20. The largest absolute Gasteiger partial charge is 0.417 e. The van der Waals surface area contributed by atoms with Gasteiger partial charge >= 0.3 is 11.8 Å². The number of benzene rings is 2. The second-order valence-electron chi connectivity index (χ2n) is 6.59. The predicted molar refractivity (Wildman–Crippen MR) is 111 cm³/mol. The van der Waals surface area contributed by atoms with Crippen molar-refractivity contribution < 1.29 is 18.8 Å². The van der Waals surface area contributed by atoms with Crippen LogP contribution in [0.25, 0.3) is 11.1 Å². The van der Waals surface area contributed by atoms with Crippen molar-refractivity contribution in [1.82, 2.24) is 10.3 Å². The van der Waals surface area contributed by atoms with Gasteiger partial charge in [0.1, 0.15) is 6.04 Å². The van der Waals surface area contributed by atoms with E-state index in [0.717, 1.165) is 4.90 Å². The van der Waals surface area contributed by atoms with Crippen LogP contribution in [0.3, 0.4) is 0 Å². The minimum absolute atomic E-state index is 0.00809. The SMILES string of the molecule is O=C(CCC1NC(=O)N(c2ccc(Cl)c(Cl)c2)C1=O)Nc1ccc2oc(=O)[nH]c2c1. The molecule has 9 nitrogen and oxygen atoms in total. The van der Waals surface area contributed by atoms with Gasteiger partial charge in [0.25, 0.3) is 5.91 Å². The van der Waals surface area contributed by atoms with Crippen LogP contribution in [0, 0.1) is 0 Å². The van der Waals surface area contributed by atoms with Crippen LogP contribution < -0.4 is 21.3 Å². The fourth-order valence-corrected chi connectivity index (χ4v) is 3.42. The maximum atomic E-state index is 12.6. The number of hydrogen-bond donors (Lipinski definition) is 3. The van der Waals surface area contributed by atoms with E-state index in [9.17, 15) is 19.2 Å². The summed E-state index contributed by atoms with van der Waals surface area (Å²) >= 11 is 11.8. The summed E-state index contributed by atoms with van der Waals surface area (Å²) in [6.07, 6.45) is 0.102. The molecule has 3 aromatic rings. The van der Waals surface area contributed by atoms with E-state index in [4.69, 9.17) is 27.6 Å². The molecule has 30 heavy (non-hydrogen) atoms. The van der Waals surface area contributed by atoms with Crippen molar-refractivity contribution in [2.45, 2.75) is 18.9 Å². The molecule has 1 aliphatic heterocycles. The fraction of sp³-hybridized carbons (Fsp3) is 0.158. The predicted octanol–water partition coefficient (Wildman–Crippen LogP) is 3.27. The van der Waals surface area contributed by atoms with Gasteiger partial charge in [-0.05, 0) is 42.8 Å². The van der Waals surface area contributed by atoms with Crippen LogP contribution in [-0.2, 0) is 9.59 Å². The topological polar surface area (TPSA) is 125 Å². The van der Waals surface area contributed by atoms with Gasteiger partial charge in [-0.25, -0.2) is 14.5 Å². The number of fused-ring (bicyclic) bond motifs is 1. The molecule has 154 valence electrons. The Labute approximate surface area is 178 Å². The van der Waals surface area contributed by atoms with Gasteiger partial charge in [-0.1, -0.05) is 23.2 Å². The Hall–Kier alpha value is -3.30. The second-order valence-corrected chi connectivity index (χ2v) is 7.40. The summed E-state index contributed by atoms with van der Waals surface area (Å²) in [6.45, 7) is 0. The Morgan fingerprint density at radius 3 is 2.67 bits per heavy atom. The van der Waals surface area contributed by atoms with Crippen molar-refractivity contribution in [3.05, 3.63) is 57.0 Å². The Kier molecular flexibility index (Phi) is 5.23. The molecule has 1 aliphatic rings. The molecule has 2 heterocycles. The minimum Gasteiger partial charge on any atom is -0.408 e. The molecule has 3 N–H and O–H groups in total. The van der Waals surface area contributed by atoms with Crippen molar-refractivity contribution >= 4 is 63.5 Å². The van der Waals surface area contributed by atoms with Crippen molar-refractivity contribution in [3.8, 4) is 0 Å². The van der Waals surface area contributed by atoms with Gasteiger partial charge in [0.2, 0.25) is 5.91 Å². The van der Waals surface area contributed by atoms with Crippen LogP contribution >= 0.6 is 23.2 Å². The number of halogens is 2. The van der Waals surface area contributed by atoms with Crippen LogP contribution in [0.5, 0.6) is 0 Å². The Balaban J connectivity index is 1.38. The highest BCUT2D eigenvalue weighted by Gasteiger charge is 2.39. The highest BCUT2D eigenvalue weighted by molar-refractivity contribution is 6.42. The van der Waals surface area contributed by atoms with Gasteiger partial charge in [-0.3, -0.25) is 14.6 Å². The molecule has 4 rings (SSSR count). The first-order valence-electron chi connectivity index (χ1n) is 8.84. The van der Waals surface area contributed by atoms with Gasteiger partial charge in [-0.2, -0.15) is 0 Å². The summed E-state index contributed by atoms with van der Waals surface area (Å²) in [5, 5.41) is 5.76. The number of aromatic amines is 1. The van der Waals surface area contributed by atoms with E-state index in [0.29, 0.717) is 27.5 Å². The van der Waals surface area contributed by atoms with E-state index in [1.807, 2.05) is 0 Å². The molecule has 1 atom stereocenters. The Bertz CT molecular complexity index is 1240. The second kappa shape index (κ2) is 7.85. The molecule has 1 unspecified atom stereocenters. The van der Waals surface area contributed by atoms with Crippen LogP contribution in [0.1, 0.15) is 12.8 Å². The third-order valence-corrected chi connectivity index (χ3v) is 5.28. The fourth-order valence-electron chi connectivity index (χ4n) is 3.12. The monoisotopic (exact) mass is 448 g/mol. The number of urea groups is 1. The molecule has 0 bridgehead atoms. The minimum atomic E-state index is -0.842. The number of imide groups is 1. The Morgan fingerprint density at radius 2 is 1.90 bits per heavy atom. The summed E-state index contributed by atoms with van der Waals surface area (Å²) < 4.78 is 4.90. The number of nitrogens with one attached hydrogen (secondary N) is 3. The first kappa shape index (κ1) is 20.0. The highest BCUT2D eigenvalue weighted by Crippen LogP contribution is 2.29. The lowest BCUT2D eigenvalue weighted by molar-refractivity contribution is -0.119. The maximum Gasteiger partial charge on any atom is 0.417 e. The van der Waals surface area contributed by atoms with Crippen LogP contribution in [0.4, 0.5) is 16.2 Å². The van der Waals surface area contributed by atoms with Crippen molar-refractivity contribution in [3.63, 3.8) is 0 Å². The first-order chi connectivity index (χ1) is 14.3. The van der Waals surface area contributed by atoms with E-state index in [1.54, 1.807) is 18.2 Å². The molecular formula is C19H14Cl2N4O5. The van der Waals surface area contributed by atoms with Gasteiger partial charge in [-0.15, -0.1) is 0 Å². The normalized spacial score (nSPS) is 16.2. The molecule has 0 aliphatic carbocycles. The summed E-state index contributed by atoms with van der Waals surface area (Å²) in [5.41, 5.74) is 1.58. The van der Waals surface area contributed by atoms with Gasteiger partial charge in [0.05, 0.1) is 21.2 Å².